The Morgan fingerprint density at radius 1 is 1.17 bits per heavy atom. The lowest BCUT2D eigenvalue weighted by Gasteiger charge is -2.13. The summed E-state index contributed by atoms with van der Waals surface area (Å²) >= 11 is 6.21. The lowest BCUT2D eigenvalue weighted by Crippen LogP contribution is -2.14. The topological polar surface area (TPSA) is 74.9 Å². The fourth-order valence-electron chi connectivity index (χ4n) is 3.58. The standard InChI is InChI=1S/C23H26ClN3O2S/c1-4-30(28,29)26-19-10-7-17(8-11-19)23-21(15-25)20-14-18(24)9-12-22(20)27(23)13-5-6-16(2)3/h7-12,14,16,26H,4-6,13H2,1-3H3. The normalized spacial score (nSPS) is 11.7. The highest BCUT2D eigenvalue weighted by Gasteiger charge is 2.19. The molecule has 0 radical (unpaired) electrons. The summed E-state index contributed by atoms with van der Waals surface area (Å²) in [6.45, 7) is 6.78. The zero-order valence-corrected chi connectivity index (χ0v) is 19.0. The Hall–Kier alpha value is -2.49. The minimum absolute atomic E-state index is 0.0121. The molecule has 5 nitrogen and oxygen atoms in total. The summed E-state index contributed by atoms with van der Waals surface area (Å²) in [7, 11) is -3.34. The number of halogens is 1. The Bertz CT molecular complexity index is 1190. The summed E-state index contributed by atoms with van der Waals surface area (Å²) in [6, 6.07) is 15.2. The van der Waals surface area contributed by atoms with E-state index in [0.717, 1.165) is 41.5 Å². The van der Waals surface area contributed by atoms with E-state index in [-0.39, 0.29) is 5.75 Å². The number of fused-ring (bicyclic) bond motifs is 1. The van der Waals surface area contributed by atoms with Crippen LogP contribution in [0.5, 0.6) is 0 Å². The highest BCUT2D eigenvalue weighted by atomic mass is 35.5. The number of anilines is 1. The molecule has 30 heavy (non-hydrogen) atoms. The molecule has 3 rings (SSSR count). The van der Waals surface area contributed by atoms with Gasteiger partial charge in [-0.2, -0.15) is 5.26 Å². The van der Waals surface area contributed by atoms with Crippen LogP contribution in [0, 0.1) is 17.2 Å². The van der Waals surface area contributed by atoms with Gasteiger partial charge in [-0.25, -0.2) is 8.42 Å². The molecule has 0 aliphatic carbocycles. The lowest BCUT2D eigenvalue weighted by atomic mass is 10.1. The molecule has 0 bridgehead atoms. The SMILES string of the molecule is CCS(=O)(=O)Nc1ccc(-c2c(C#N)c3cc(Cl)ccc3n2CCCC(C)C)cc1. The van der Waals surface area contributed by atoms with Crippen LogP contribution in [-0.4, -0.2) is 18.7 Å². The van der Waals surface area contributed by atoms with Crippen molar-refractivity contribution in [2.24, 2.45) is 5.92 Å². The number of nitrogens with zero attached hydrogens (tertiary/aromatic N) is 2. The van der Waals surface area contributed by atoms with Crippen molar-refractivity contribution in [3.05, 3.63) is 53.1 Å². The van der Waals surface area contributed by atoms with Gasteiger partial charge >= 0.3 is 0 Å². The molecule has 0 amide bonds. The van der Waals surface area contributed by atoms with Gasteiger partial charge in [0.05, 0.1) is 17.0 Å². The first-order chi connectivity index (χ1) is 14.3. The first kappa shape index (κ1) is 22.2. The van der Waals surface area contributed by atoms with Crippen molar-refractivity contribution >= 4 is 38.2 Å². The molecular formula is C23H26ClN3O2S. The van der Waals surface area contributed by atoms with E-state index in [9.17, 15) is 13.7 Å². The number of aromatic nitrogens is 1. The van der Waals surface area contributed by atoms with Crippen LogP contribution in [0.3, 0.4) is 0 Å². The number of nitriles is 1. The summed E-state index contributed by atoms with van der Waals surface area (Å²) in [5.41, 5.74) is 3.76. The zero-order valence-electron chi connectivity index (χ0n) is 17.4. The molecule has 1 N–H and O–H groups in total. The van der Waals surface area contributed by atoms with Gasteiger partial charge in [0.2, 0.25) is 10.0 Å². The first-order valence-corrected chi connectivity index (χ1v) is 12.1. The van der Waals surface area contributed by atoms with E-state index in [0.29, 0.717) is 22.2 Å². The van der Waals surface area contributed by atoms with Crippen LogP contribution in [0.25, 0.3) is 22.2 Å². The third kappa shape index (κ3) is 4.80. The van der Waals surface area contributed by atoms with Crippen LogP contribution in [0.4, 0.5) is 5.69 Å². The second kappa shape index (κ2) is 9.11. The molecule has 0 saturated carbocycles. The van der Waals surface area contributed by atoms with Crippen LogP contribution in [0.15, 0.2) is 42.5 Å². The summed E-state index contributed by atoms with van der Waals surface area (Å²) in [6.07, 6.45) is 2.09. The van der Waals surface area contributed by atoms with Crippen molar-refractivity contribution in [2.75, 3.05) is 10.5 Å². The molecule has 2 aromatic carbocycles. The van der Waals surface area contributed by atoms with E-state index in [1.807, 2.05) is 30.3 Å². The molecule has 3 aromatic rings. The summed E-state index contributed by atoms with van der Waals surface area (Å²) in [5, 5.41) is 11.4. The highest BCUT2D eigenvalue weighted by molar-refractivity contribution is 7.92. The van der Waals surface area contributed by atoms with Gasteiger partial charge in [-0.05, 0) is 61.6 Å². The summed E-state index contributed by atoms with van der Waals surface area (Å²) < 4.78 is 28.4. The van der Waals surface area contributed by atoms with E-state index in [2.05, 4.69) is 29.2 Å². The van der Waals surface area contributed by atoms with Crippen LogP contribution < -0.4 is 4.72 Å². The molecule has 158 valence electrons. The minimum atomic E-state index is -3.34. The molecular weight excluding hydrogens is 418 g/mol. The van der Waals surface area contributed by atoms with Crippen molar-refractivity contribution in [1.29, 1.82) is 5.26 Å². The van der Waals surface area contributed by atoms with Crippen LogP contribution in [0.1, 0.15) is 39.2 Å². The molecule has 7 heteroatoms. The molecule has 0 fully saturated rings. The maximum Gasteiger partial charge on any atom is 0.232 e. The Labute approximate surface area is 183 Å². The van der Waals surface area contributed by atoms with E-state index >= 15 is 0 Å². The monoisotopic (exact) mass is 443 g/mol. The molecule has 0 saturated heterocycles. The molecule has 0 atom stereocenters. The number of benzene rings is 2. The number of nitrogens with one attached hydrogen (secondary N) is 1. The lowest BCUT2D eigenvalue weighted by molar-refractivity contribution is 0.519. The smallest absolute Gasteiger partial charge is 0.232 e. The summed E-state index contributed by atoms with van der Waals surface area (Å²) in [4.78, 5) is 0. The van der Waals surface area contributed by atoms with E-state index in [4.69, 9.17) is 11.6 Å². The fourth-order valence-corrected chi connectivity index (χ4v) is 4.39. The van der Waals surface area contributed by atoms with Gasteiger partial charge in [0.15, 0.2) is 0 Å². The second-order valence-corrected chi connectivity index (χ2v) is 10.2. The fraction of sp³-hybridized carbons (Fsp3) is 0.348. The van der Waals surface area contributed by atoms with Crippen molar-refractivity contribution in [3.8, 4) is 17.3 Å². The van der Waals surface area contributed by atoms with Gasteiger partial charge in [-0.3, -0.25) is 4.72 Å². The maximum atomic E-state index is 11.8. The third-order valence-electron chi connectivity index (χ3n) is 5.11. The second-order valence-electron chi connectivity index (χ2n) is 7.77. The van der Waals surface area contributed by atoms with E-state index in [1.165, 1.54) is 0 Å². The van der Waals surface area contributed by atoms with Gasteiger partial charge in [0, 0.05) is 28.2 Å². The quantitative estimate of drug-likeness (QED) is 0.461. The van der Waals surface area contributed by atoms with Gasteiger partial charge in [0.1, 0.15) is 6.07 Å². The van der Waals surface area contributed by atoms with Crippen LogP contribution >= 0.6 is 11.6 Å². The Morgan fingerprint density at radius 3 is 2.47 bits per heavy atom. The van der Waals surface area contributed by atoms with Gasteiger partial charge in [-0.15, -0.1) is 0 Å². The van der Waals surface area contributed by atoms with Crippen molar-refractivity contribution < 1.29 is 8.42 Å². The van der Waals surface area contributed by atoms with Gasteiger partial charge < -0.3 is 4.57 Å². The van der Waals surface area contributed by atoms with Crippen molar-refractivity contribution in [1.82, 2.24) is 4.57 Å². The largest absolute Gasteiger partial charge is 0.339 e. The summed E-state index contributed by atoms with van der Waals surface area (Å²) in [5.74, 6) is 0.615. The first-order valence-electron chi connectivity index (χ1n) is 10.1. The predicted octanol–water partition coefficient (Wildman–Crippen LogP) is 6.03. The van der Waals surface area contributed by atoms with Crippen molar-refractivity contribution in [3.63, 3.8) is 0 Å². The average molecular weight is 444 g/mol. The Kier molecular flexibility index (Phi) is 6.74. The third-order valence-corrected chi connectivity index (χ3v) is 6.65. The molecule has 1 aromatic heterocycles. The Morgan fingerprint density at radius 2 is 1.87 bits per heavy atom. The van der Waals surface area contributed by atoms with Crippen LogP contribution in [-0.2, 0) is 16.6 Å². The number of sulfonamides is 1. The van der Waals surface area contributed by atoms with E-state index < -0.39 is 10.0 Å². The molecule has 0 aliphatic heterocycles. The zero-order chi connectivity index (χ0) is 21.9. The minimum Gasteiger partial charge on any atom is -0.339 e. The molecule has 0 unspecified atom stereocenters. The van der Waals surface area contributed by atoms with Crippen LogP contribution in [0.2, 0.25) is 5.02 Å². The molecule has 0 aliphatic rings. The number of hydrogen-bond donors (Lipinski definition) is 1. The number of rotatable bonds is 8. The van der Waals surface area contributed by atoms with E-state index in [1.54, 1.807) is 19.1 Å². The number of hydrogen-bond acceptors (Lipinski definition) is 3. The average Bonchev–Trinajstić information content (AvgIpc) is 3.00. The molecule has 1 heterocycles. The predicted molar refractivity (Wildman–Crippen MR) is 124 cm³/mol. The Balaban J connectivity index is 2.10. The molecule has 0 spiro atoms. The number of aryl methyl sites for hydroxylation is 1. The maximum absolute atomic E-state index is 11.8. The van der Waals surface area contributed by atoms with Crippen molar-refractivity contribution in [2.45, 2.75) is 40.2 Å². The van der Waals surface area contributed by atoms with Gasteiger partial charge in [-0.1, -0.05) is 37.6 Å². The highest BCUT2D eigenvalue weighted by Crippen LogP contribution is 2.36. The van der Waals surface area contributed by atoms with Gasteiger partial charge in [0.25, 0.3) is 0 Å².